The zero-order valence-corrected chi connectivity index (χ0v) is 13.0. The Labute approximate surface area is 152 Å². The van der Waals surface area contributed by atoms with Crippen LogP contribution < -0.4 is 4.74 Å². The van der Waals surface area contributed by atoms with E-state index < -0.39 is 64.0 Å². The van der Waals surface area contributed by atoms with Crippen molar-refractivity contribution in [3.63, 3.8) is 0 Å². The summed E-state index contributed by atoms with van der Waals surface area (Å²) >= 11 is 0. The summed E-state index contributed by atoms with van der Waals surface area (Å²) in [6, 6.07) is 5.07. The lowest BCUT2D eigenvalue weighted by atomic mass is 9.95. The average Bonchev–Trinajstić information content (AvgIpc) is 2.85. The third-order valence-electron chi connectivity index (χ3n) is 4.45. The van der Waals surface area contributed by atoms with Crippen LogP contribution in [0, 0.1) is 17.1 Å². The minimum atomic E-state index is -5.49. The van der Waals surface area contributed by atoms with E-state index in [2.05, 4.69) is 0 Å². The number of hydrogen-bond acceptors (Lipinski definition) is 3. The SMILES string of the molecule is [2H]C1([2H])[C@@]2(O)c3c(ccc(Oc4cc(F)cc(C#N)c4)c3[C@@]1([2H])F)C(F)(F)C2(F)F. The molecule has 1 N–H and O–H groups in total. The highest BCUT2D eigenvalue weighted by Crippen LogP contribution is 2.68. The first-order chi connectivity index (χ1) is 13.6. The van der Waals surface area contributed by atoms with Gasteiger partial charge < -0.3 is 9.84 Å². The maximum atomic E-state index is 15.2. The average molecular weight is 388 g/mol. The molecule has 2 aliphatic carbocycles. The van der Waals surface area contributed by atoms with Gasteiger partial charge in [-0.25, -0.2) is 8.78 Å². The Morgan fingerprint density at radius 2 is 1.96 bits per heavy atom. The minimum Gasteiger partial charge on any atom is -0.457 e. The quantitative estimate of drug-likeness (QED) is 0.750. The van der Waals surface area contributed by atoms with Gasteiger partial charge in [0, 0.05) is 31.9 Å². The van der Waals surface area contributed by atoms with Gasteiger partial charge >= 0.3 is 11.8 Å². The lowest BCUT2D eigenvalue weighted by molar-refractivity contribution is -0.287. The third kappa shape index (κ3) is 2.07. The van der Waals surface area contributed by atoms with Crippen molar-refractivity contribution in [2.24, 2.45) is 0 Å². The van der Waals surface area contributed by atoms with E-state index in [0.717, 1.165) is 12.1 Å². The molecule has 0 saturated heterocycles. The number of hydrogen-bond donors (Lipinski definition) is 1. The van der Waals surface area contributed by atoms with Crippen LogP contribution in [0.4, 0.5) is 26.3 Å². The summed E-state index contributed by atoms with van der Waals surface area (Å²) in [6.45, 7) is 0. The molecular weight excluding hydrogens is 376 g/mol. The second kappa shape index (κ2) is 5.16. The maximum absolute atomic E-state index is 15.2. The molecule has 0 saturated carbocycles. The summed E-state index contributed by atoms with van der Waals surface area (Å²) in [4.78, 5) is 0. The topological polar surface area (TPSA) is 53.2 Å². The fourth-order valence-corrected chi connectivity index (χ4v) is 3.25. The molecule has 0 bridgehead atoms. The van der Waals surface area contributed by atoms with Crippen LogP contribution in [0.3, 0.4) is 0 Å². The highest BCUT2D eigenvalue weighted by molar-refractivity contribution is 5.60. The van der Waals surface area contributed by atoms with E-state index in [9.17, 15) is 27.1 Å². The van der Waals surface area contributed by atoms with E-state index in [1.54, 1.807) is 6.07 Å². The van der Waals surface area contributed by atoms with Gasteiger partial charge in [-0.3, -0.25) is 0 Å². The van der Waals surface area contributed by atoms with E-state index in [-0.39, 0.29) is 5.56 Å². The van der Waals surface area contributed by atoms with E-state index in [4.69, 9.17) is 14.1 Å². The highest BCUT2D eigenvalue weighted by atomic mass is 19.3. The summed E-state index contributed by atoms with van der Waals surface area (Å²) < 4.78 is 115. The largest absolute Gasteiger partial charge is 0.457 e. The highest BCUT2D eigenvalue weighted by Gasteiger charge is 2.79. The van der Waals surface area contributed by atoms with E-state index in [1.807, 2.05) is 0 Å². The van der Waals surface area contributed by atoms with E-state index >= 15 is 4.39 Å². The first-order valence-corrected chi connectivity index (χ1v) is 7.38. The second-order valence-corrected chi connectivity index (χ2v) is 6.05. The molecule has 0 fully saturated rings. The lowest BCUT2D eigenvalue weighted by Crippen LogP contribution is -2.48. The molecule has 0 radical (unpaired) electrons. The molecule has 0 spiro atoms. The number of nitriles is 1. The Kier molecular flexibility index (Phi) is 2.74. The fourth-order valence-electron chi connectivity index (χ4n) is 3.25. The van der Waals surface area contributed by atoms with Crippen LogP contribution in [0.25, 0.3) is 0 Å². The number of benzene rings is 2. The lowest BCUT2D eigenvalue weighted by Gasteiger charge is -2.30. The third-order valence-corrected chi connectivity index (χ3v) is 4.45. The van der Waals surface area contributed by atoms with Crippen molar-refractivity contribution in [3.05, 3.63) is 58.4 Å². The van der Waals surface area contributed by atoms with Crippen LogP contribution >= 0.6 is 0 Å². The Balaban J connectivity index is 2.01. The second-order valence-electron chi connectivity index (χ2n) is 6.05. The molecule has 4 rings (SSSR count). The number of rotatable bonds is 2. The molecule has 3 nitrogen and oxygen atoms in total. The predicted octanol–water partition coefficient (Wildman–Crippen LogP) is 4.83. The molecular formula is C18H9F6NO2. The van der Waals surface area contributed by atoms with Crippen molar-refractivity contribution in [3.8, 4) is 17.6 Å². The van der Waals surface area contributed by atoms with Gasteiger partial charge in [0.2, 0.25) is 0 Å². The molecule has 0 amide bonds. The molecule has 2 aromatic rings. The fraction of sp³-hybridized carbons (Fsp3) is 0.278. The van der Waals surface area contributed by atoms with Gasteiger partial charge in [-0.15, -0.1) is 0 Å². The van der Waals surface area contributed by atoms with Gasteiger partial charge in [-0.1, -0.05) is 0 Å². The van der Waals surface area contributed by atoms with Gasteiger partial charge in [0.1, 0.15) is 23.5 Å². The molecule has 9 heteroatoms. The summed E-state index contributed by atoms with van der Waals surface area (Å²) in [7, 11) is 0. The van der Waals surface area contributed by atoms with Gasteiger partial charge in [0.25, 0.3) is 0 Å². The number of halogens is 6. The molecule has 0 aliphatic heterocycles. The van der Waals surface area contributed by atoms with Crippen molar-refractivity contribution in [2.75, 3.05) is 0 Å². The van der Waals surface area contributed by atoms with Gasteiger partial charge in [0.05, 0.1) is 13.0 Å². The maximum Gasteiger partial charge on any atom is 0.346 e. The monoisotopic (exact) mass is 388 g/mol. The first-order valence-electron chi connectivity index (χ1n) is 8.88. The Morgan fingerprint density at radius 1 is 1.26 bits per heavy atom. The Morgan fingerprint density at radius 3 is 2.63 bits per heavy atom. The molecule has 0 heterocycles. The zero-order chi connectivity index (χ0) is 22.5. The number of ether oxygens (including phenoxy) is 1. The van der Waals surface area contributed by atoms with Gasteiger partial charge in [0.15, 0.2) is 5.60 Å². The molecule has 0 unspecified atom stereocenters. The van der Waals surface area contributed by atoms with E-state index in [0.29, 0.717) is 18.2 Å². The van der Waals surface area contributed by atoms with Crippen molar-refractivity contribution >= 4 is 0 Å². The number of alkyl halides is 5. The van der Waals surface area contributed by atoms with Crippen molar-refractivity contribution in [1.82, 2.24) is 0 Å². The van der Waals surface area contributed by atoms with E-state index in [1.165, 1.54) is 0 Å². The van der Waals surface area contributed by atoms with Crippen molar-refractivity contribution in [2.45, 2.75) is 30.0 Å². The van der Waals surface area contributed by atoms with Gasteiger partial charge in [-0.05, 0) is 24.3 Å². The summed E-state index contributed by atoms with van der Waals surface area (Å²) in [5.74, 6) is -12.9. The van der Waals surface area contributed by atoms with Crippen LogP contribution in [-0.4, -0.2) is 11.0 Å². The van der Waals surface area contributed by atoms with Crippen molar-refractivity contribution in [1.29, 1.82) is 5.26 Å². The number of aliphatic hydroxyl groups is 1. The summed E-state index contributed by atoms with van der Waals surface area (Å²) in [5, 5.41) is 19.3. The molecule has 2 aliphatic rings. The number of nitrogens with zero attached hydrogens (tertiary/aromatic N) is 1. The molecule has 140 valence electrons. The van der Waals surface area contributed by atoms with Crippen LogP contribution in [0.1, 0.15) is 38.9 Å². The van der Waals surface area contributed by atoms with Crippen LogP contribution in [0.2, 0.25) is 0 Å². The minimum absolute atomic E-state index is 0.245. The van der Waals surface area contributed by atoms with Gasteiger partial charge in [-0.2, -0.15) is 22.8 Å². The Bertz CT molecular complexity index is 1150. The van der Waals surface area contributed by atoms with Crippen LogP contribution in [-0.2, 0) is 11.5 Å². The summed E-state index contributed by atoms with van der Waals surface area (Å²) in [6.07, 6.45) is -8.34. The predicted molar refractivity (Wildman–Crippen MR) is 78.8 cm³/mol. The first kappa shape index (κ1) is 14.3. The standard InChI is InChI=1S/C18H9F6NO2/c19-9-3-8(7-25)4-10(5-9)27-13-2-1-11-15-14(13)12(20)6-16(15,26)18(23,24)17(11,21)22/h1-5,12,26H,6H2/t12-,16+/m0/s1/i6D2,12D. The molecule has 2 aromatic carbocycles. The van der Waals surface area contributed by atoms with Crippen LogP contribution in [0.15, 0.2) is 30.3 Å². The van der Waals surface area contributed by atoms with Crippen molar-refractivity contribution < 1.29 is 40.3 Å². The molecule has 0 aromatic heterocycles. The summed E-state index contributed by atoms with van der Waals surface area (Å²) in [5.41, 5.74) is -9.03. The zero-order valence-electron chi connectivity index (χ0n) is 16.0. The smallest absolute Gasteiger partial charge is 0.346 e. The molecule has 2 atom stereocenters. The normalized spacial score (nSPS) is 32.7. The molecule has 27 heavy (non-hydrogen) atoms. The van der Waals surface area contributed by atoms with Crippen LogP contribution in [0.5, 0.6) is 11.5 Å². The Hall–Kier alpha value is -2.73.